The third kappa shape index (κ3) is 8.62. The SMILES string of the molecule is CC(C)CN(CCCC(C)(C)CCN)C(C)C. The topological polar surface area (TPSA) is 29.3 Å². The van der Waals surface area contributed by atoms with Gasteiger partial charge in [0.15, 0.2) is 0 Å². The molecule has 0 aliphatic rings. The van der Waals surface area contributed by atoms with Crippen molar-refractivity contribution < 1.29 is 0 Å². The van der Waals surface area contributed by atoms with Crippen molar-refractivity contribution in [2.45, 2.75) is 66.8 Å². The van der Waals surface area contributed by atoms with Gasteiger partial charge in [-0.25, -0.2) is 0 Å². The van der Waals surface area contributed by atoms with Gasteiger partial charge in [-0.2, -0.15) is 0 Å². The van der Waals surface area contributed by atoms with Crippen LogP contribution in [0.3, 0.4) is 0 Å². The molecule has 0 saturated carbocycles. The zero-order chi connectivity index (χ0) is 13.5. The molecule has 0 radical (unpaired) electrons. The van der Waals surface area contributed by atoms with Crippen LogP contribution in [0.25, 0.3) is 0 Å². The fraction of sp³-hybridized carbons (Fsp3) is 1.00. The van der Waals surface area contributed by atoms with E-state index in [0.717, 1.165) is 18.9 Å². The molecular formula is C15H34N2. The average molecular weight is 242 g/mol. The van der Waals surface area contributed by atoms with Gasteiger partial charge in [0.1, 0.15) is 0 Å². The van der Waals surface area contributed by atoms with E-state index in [1.165, 1.54) is 25.9 Å². The van der Waals surface area contributed by atoms with Crippen LogP contribution in [0.1, 0.15) is 60.8 Å². The van der Waals surface area contributed by atoms with Crippen molar-refractivity contribution in [2.75, 3.05) is 19.6 Å². The van der Waals surface area contributed by atoms with Crippen LogP contribution in [0, 0.1) is 11.3 Å². The van der Waals surface area contributed by atoms with E-state index in [9.17, 15) is 0 Å². The zero-order valence-corrected chi connectivity index (χ0v) is 12.9. The molecule has 0 unspecified atom stereocenters. The quantitative estimate of drug-likeness (QED) is 0.670. The fourth-order valence-electron chi connectivity index (χ4n) is 2.31. The van der Waals surface area contributed by atoms with Gasteiger partial charge < -0.3 is 10.6 Å². The van der Waals surface area contributed by atoms with Gasteiger partial charge in [0.25, 0.3) is 0 Å². The Morgan fingerprint density at radius 1 is 1.06 bits per heavy atom. The van der Waals surface area contributed by atoms with E-state index in [1.54, 1.807) is 0 Å². The van der Waals surface area contributed by atoms with Crippen LogP contribution in [-0.2, 0) is 0 Å². The second-order valence-electron chi connectivity index (χ2n) is 6.79. The molecule has 0 saturated heterocycles. The van der Waals surface area contributed by atoms with Gasteiger partial charge in [-0.3, -0.25) is 0 Å². The maximum absolute atomic E-state index is 5.65. The predicted octanol–water partition coefficient (Wildman–Crippen LogP) is 3.51. The lowest BCUT2D eigenvalue weighted by Gasteiger charge is -2.30. The number of hydrogen-bond acceptors (Lipinski definition) is 2. The Bertz CT molecular complexity index is 185. The van der Waals surface area contributed by atoms with Gasteiger partial charge in [-0.15, -0.1) is 0 Å². The summed E-state index contributed by atoms with van der Waals surface area (Å²) in [5.41, 5.74) is 6.06. The summed E-state index contributed by atoms with van der Waals surface area (Å²) in [5.74, 6) is 0.759. The molecule has 0 aromatic heterocycles. The first-order valence-corrected chi connectivity index (χ1v) is 7.22. The van der Waals surface area contributed by atoms with Gasteiger partial charge in [0.2, 0.25) is 0 Å². The molecule has 0 aromatic carbocycles. The molecule has 2 heteroatoms. The smallest absolute Gasteiger partial charge is 0.00387 e. The molecule has 0 rings (SSSR count). The molecular weight excluding hydrogens is 208 g/mol. The van der Waals surface area contributed by atoms with Gasteiger partial charge in [0.05, 0.1) is 0 Å². The molecule has 0 bridgehead atoms. The van der Waals surface area contributed by atoms with Crippen molar-refractivity contribution in [3.63, 3.8) is 0 Å². The van der Waals surface area contributed by atoms with Gasteiger partial charge in [0, 0.05) is 12.6 Å². The van der Waals surface area contributed by atoms with E-state index in [0.29, 0.717) is 11.5 Å². The molecule has 0 amide bonds. The fourth-order valence-corrected chi connectivity index (χ4v) is 2.31. The van der Waals surface area contributed by atoms with Crippen LogP contribution in [0.2, 0.25) is 0 Å². The minimum Gasteiger partial charge on any atom is -0.330 e. The van der Waals surface area contributed by atoms with Crippen molar-refractivity contribution in [3.8, 4) is 0 Å². The molecule has 0 aliphatic heterocycles. The van der Waals surface area contributed by atoms with Crippen LogP contribution in [0.15, 0.2) is 0 Å². The zero-order valence-electron chi connectivity index (χ0n) is 12.9. The standard InChI is InChI=1S/C15H34N2/c1-13(2)12-17(14(3)4)11-7-8-15(5,6)9-10-16/h13-14H,7-12,16H2,1-6H3. The normalized spacial score (nSPS) is 13.1. The number of hydrogen-bond donors (Lipinski definition) is 1. The molecule has 2 N–H and O–H groups in total. The lowest BCUT2D eigenvalue weighted by Crippen LogP contribution is -2.35. The summed E-state index contributed by atoms with van der Waals surface area (Å²) >= 11 is 0. The van der Waals surface area contributed by atoms with E-state index in [4.69, 9.17) is 5.73 Å². The second-order valence-corrected chi connectivity index (χ2v) is 6.79. The van der Waals surface area contributed by atoms with E-state index in [-0.39, 0.29) is 0 Å². The minimum absolute atomic E-state index is 0.412. The van der Waals surface area contributed by atoms with Crippen molar-refractivity contribution >= 4 is 0 Å². The van der Waals surface area contributed by atoms with Gasteiger partial charge in [-0.1, -0.05) is 27.7 Å². The highest BCUT2D eigenvalue weighted by atomic mass is 15.1. The van der Waals surface area contributed by atoms with E-state index < -0.39 is 0 Å². The summed E-state index contributed by atoms with van der Waals surface area (Å²) in [7, 11) is 0. The lowest BCUT2D eigenvalue weighted by molar-refractivity contribution is 0.180. The molecule has 0 atom stereocenters. The molecule has 0 aliphatic carbocycles. The maximum atomic E-state index is 5.65. The summed E-state index contributed by atoms with van der Waals surface area (Å²) in [6.45, 7) is 17.1. The van der Waals surface area contributed by atoms with E-state index >= 15 is 0 Å². The Morgan fingerprint density at radius 3 is 2.06 bits per heavy atom. The molecule has 104 valence electrons. The first kappa shape index (κ1) is 16.9. The number of nitrogens with two attached hydrogens (primary N) is 1. The van der Waals surface area contributed by atoms with Crippen LogP contribution in [-0.4, -0.2) is 30.6 Å². The highest BCUT2D eigenvalue weighted by molar-refractivity contribution is 4.71. The summed E-state index contributed by atoms with van der Waals surface area (Å²) < 4.78 is 0. The van der Waals surface area contributed by atoms with Crippen molar-refractivity contribution in [1.82, 2.24) is 4.90 Å². The summed E-state index contributed by atoms with van der Waals surface area (Å²) in [6, 6.07) is 0.662. The second kappa shape index (κ2) is 8.10. The number of nitrogens with zero attached hydrogens (tertiary/aromatic N) is 1. The summed E-state index contributed by atoms with van der Waals surface area (Å²) in [6.07, 6.45) is 3.71. The molecule has 0 heterocycles. The third-order valence-corrected chi connectivity index (χ3v) is 3.45. The summed E-state index contributed by atoms with van der Waals surface area (Å²) in [5, 5.41) is 0. The molecule has 17 heavy (non-hydrogen) atoms. The first-order chi connectivity index (χ1) is 7.78. The van der Waals surface area contributed by atoms with E-state index in [2.05, 4.69) is 46.4 Å². The van der Waals surface area contributed by atoms with Crippen LogP contribution in [0.4, 0.5) is 0 Å². The minimum atomic E-state index is 0.412. The number of rotatable bonds is 9. The van der Waals surface area contributed by atoms with Crippen LogP contribution >= 0.6 is 0 Å². The molecule has 0 aromatic rings. The molecule has 0 spiro atoms. The Hall–Kier alpha value is -0.0800. The Kier molecular flexibility index (Phi) is 8.06. The average Bonchev–Trinajstić information content (AvgIpc) is 2.14. The molecule has 0 fully saturated rings. The van der Waals surface area contributed by atoms with Crippen LogP contribution < -0.4 is 5.73 Å². The lowest BCUT2D eigenvalue weighted by atomic mass is 9.84. The highest BCUT2D eigenvalue weighted by Gasteiger charge is 2.18. The molecule has 2 nitrogen and oxygen atoms in total. The van der Waals surface area contributed by atoms with Crippen LogP contribution in [0.5, 0.6) is 0 Å². The van der Waals surface area contributed by atoms with Gasteiger partial charge in [-0.05, 0) is 57.5 Å². The Morgan fingerprint density at radius 2 is 1.65 bits per heavy atom. The van der Waals surface area contributed by atoms with Crippen molar-refractivity contribution in [3.05, 3.63) is 0 Å². The van der Waals surface area contributed by atoms with E-state index in [1.807, 2.05) is 0 Å². The van der Waals surface area contributed by atoms with Gasteiger partial charge >= 0.3 is 0 Å². The third-order valence-electron chi connectivity index (χ3n) is 3.45. The first-order valence-electron chi connectivity index (χ1n) is 7.22. The largest absolute Gasteiger partial charge is 0.330 e. The summed E-state index contributed by atoms with van der Waals surface area (Å²) in [4.78, 5) is 2.60. The monoisotopic (exact) mass is 242 g/mol. The highest BCUT2D eigenvalue weighted by Crippen LogP contribution is 2.26. The Balaban J connectivity index is 3.97. The van der Waals surface area contributed by atoms with Crippen molar-refractivity contribution in [2.24, 2.45) is 17.1 Å². The predicted molar refractivity (Wildman–Crippen MR) is 78.2 cm³/mol. The van der Waals surface area contributed by atoms with Crippen molar-refractivity contribution in [1.29, 1.82) is 0 Å². The Labute approximate surface area is 109 Å². The maximum Gasteiger partial charge on any atom is 0.00387 e.